The fourth-order valence-electron chi connectivity index (χ4n) is 13.0. The van der Waals surface area contributed by atoms with Crippen LogP contribution in [0, 0.1) is 0 Å². The van der Waals surface area contributed by atoms with Gasteiger partial charge < -0.3 is 89.9 Å². The molecular formula is C85H145NO18. The van der Waals surface area contributed by atoms with Gasteiger partial charge in [0.2, 0.25) is 5.91 Å². The topological polar surface area (TPSA) is 307 Å². The minimum absolute atomic E-state index is 0.229. The fraction of sp³-hybridized carbons (Fsp3) is 0.753. The molecule has 0 aromatic rings. The molecule has 3 aliphatic rings. The Morgan fingerprint density at radius 1 is 0.356 bits per heavy atom. The number of allylic oxidation sites excluding steroid dienone is 19. The van der Waals surface area contributed by atoms with E-state index in [1.54, 1.807) is 6.08 Å². The van der Waals surface area contributed by atoms with Crippen molar-refractivity contribution in [2.45, 2.75) is 381 Å². The minimum Gasteiger partial charge on any atom is -0.394 e. The van der Waals surface area contributed by atoms with Gasteiger partial charge in [-0.25, -0.2) is 0 Å². The quantitative estimate of drug-likeness (QED) is 0.0199. The van der Waals surface area contributed by atoms with Crippen LogP contribution < -0.4 is 5.32 Å². The average Bonchev–Trinajstić information content (AvgIpc) is 0.783. The third-order valence-electron chi connectivity index (χ3n) is 19.5. The third kappa shape index (κ3) is 43.4. The number of hydrogen-bond acceptors (Lipinski definition) is 18. The number of nitrogens with one attached hydrogen (secondary N) is 1. The number of amides is 1. The van der Waals surface area contributed by atoms with Crippen molar-refractivity contribution >= 4 is 5.91 Å². The van der Waals surface area contributed by atoms with Gasteiger partial charge in [0.05, 0.1) is 38.6 Å². The minimum atomic E-state index is -1.98. The van der Waals surface area contributed by atoms with Crippen LogP contribution in [0.3, 0.4) is 0 Å². The molecule has 19 nitrogen and oxygen atoms in total. The number of rotatable bonds is 63. The molecule has 17 atom stereocenters. The van der Waals surface area contributed by atoms with E-state index < -0.39 is 124 Å². The Balaban J connectivity index is 1.37. The van der Waals surface area contributed by atoms with E-state index in [9.17, 15) is 61.0 Å². The summed E-state index contributed by atoms with van der Waals surface area (Å²) < 4.78 is 34.4. The summed E-state index contributed by atoms with van der Waals surface area (Å²) in [4.78, 5) is 13.5. The van der Waals surface area contributed by atoms with Gasteiger partial charge in [0.25, 0.3) is 0 Å². The first kappa shape index (κ1) is 94.4. The van der Waals surface area contributed by atoms with E-state index in [2.05, 4.69) is 129 Å². The van der Waals surface area contributed by atoms with Crippen LogP contribution >= 0.6 is 0 Å². The Kier molecular flexibility index (Phi) is 58.1. The molecule has 3 saturated heterocycles. The van der Waals surface area contributed by atoms with Crippen molar-refractivity contribution in [3.8, 4) is 0 Å². The van der Waals surface area contributed by atoms with Gasteiger partial charge in [-0.1, -0.05) is 302 Å². The maximum absolute atomic E-state index is 13.5. The Hall–Kier alpha value is -3.81. The molecule has 0 aliphatic carbocycles. The van der Waals surface area contributed by atoms with Crippen molar-refractivity contribution in [3.05, 3.63) is 122 Å². The van der Waals surface area contributed by atoms with Crippen molar-refractivity contribution in [2.24, 2.45) is 0 Å². The van der Waals surface area contributed by atoms with Gasteiger partial charge in [0, 0.05) is 6.42 Å². The van der Waals surface area contributed by atoms with Gasteiger partial charge in [-0.2, -0.15) is 0 Å². The first-order valence-corrected chi connectivity index (χ1v) is 40.8. The lowest BCUT2D eigenvalue weighted by Gasteiger charge is -2.48. The second-order valence-corrected chi connectivity index (χ2v) is 28.5. The van der Waals surface area contributed by atoms with Crippen molar-refractivity contribution in [3.63, 3.8) is 0 Å². The highest BCUT2D eigenvalue weighted by Gasteiger charge is 2.54. The van der Waals surface area contributed by atoms with E-state index in [-0.39, 0.29) is 18.9 Å². The molecule has 0 bridgehead atoms. The summed E-state index contributed by atoms with van der Waals surface area (Å²) in [5.41, 5.74) is 0. The number of hydrogen-bond donors (Lipinski definition) is 12. The Labute approximate surface area is 627 Å². The molecule has 12 N–H and O–H groups in total. The van der Waals surface area contributed by atoms with E-state index in [4.69, 9.17) is 28.4 Å². The first-order chi connectivity index (χ1) is 50.8. The number of unbranched alkanes of at least 4 members (excludes halogenated alkanes) is 29. The summed E-state index contributed by atoms with van der Waals surface area (Å²) in [7, 11) is 0. The van der Waals surface area contributed by atoms with Crippen molar-refractivity contribution in [2.75, 3.05) is 26.4 Å². The SMILES string of the molecule is CC/C=C\C/C=C\C/C=C\C/C=C\C/C=C\C/C=C\C/C=C\C/C=C\C/C=C\CCCCCCCCCCCC(=O)NC(COC1OC(CO)C(OC2OC(CO)C(OC3OC(CO)C(O)C(O)C3O)C(O)C2O)C(O)C1O)C(O)/C=C/CCCCCCCCCCCCCCCCCCCCCC. The van der Waals surface area contributed by atoms with Crippen LogP contribution in [-0.2, 0) is 33.2 Å². The lowest BCUT2D eigenvalue weighted by molar-refractivity contribution is -0.379. The molecule has 0 aromatic carbocycles. The van der Waals surface area contributed by atoms with E-state index >= 15 is 0 Å². The van der Waals surface area contributed by atoms with Gasteiger partial charge in [-0.15, -0.1) is 0 Å². The molecule has 104 heavy (non-hydrogen) atoms. The highest BCUT2D eigenvalue weighted by atomic mass is 16.8. The molecular weight excluding hydrogens is 1320 g/mol. The second-order valence-electron chi connectivity index (χ2n) is 28.5. The molecule has 3 heterocycles. The zero-order valence-corrected chi connectivity index (χ0v) is 64.0. The number of carbonyl (C=O) groups excluding carboxylic acids is 1. The summed E-state index contributed by atoms with van der Waals surface area (Å²) in [5, 5.41) is 121. The molecule has 0 saturated carbocycles. The summed E-state index contributed by atoms with van der Waals surface area (Å²) in [6.07, 6.45) is 63.1. The summed E-state index contributed by atoms with van der Waals surface area (Å²) in [6.45, 7) is 1.63. The average molecular weight is 1470 g/mol. The Morgan fingerprint density at radius 3 is 1.04 bits per heavy atom. The van der Waals surface area contributed by atoms with E-state index in [1.807, 2.05) is 6.08 Å². The maximum Gasteiger partial charge on any atom is 0.220 e. The van der Waals surface area contributed by atoms with Gasteiger partial charge in [0.15, 0.2) is 18.9 Å². The van der Waals surface area contributed by atoms with E-state index in [1.165, 1.54) is 135 Å². The molecule has 0 spiro atoms. The standard InChI is InChI=1S/C85H145NO18/c1-3-5-7-9-11-13-15-17-19-21-23-25-27-28-29-30-31-32-33-34-35-36-37-38-39-40-41-43-45-47-49-51-53-55-57-59-61-63-73(91)86-68(69(90)62-60-58-56-54-52-50-48-46-44-42-26-24-22-20-18-16-14-12-10-8-6-4-2)67-99-83-79(97)76(94)81(71(65-88)101-83)104-85-80(98)77(95)82(72(66-89)102-85)103-84-78(96)75(93)74(92)70(64-87)100-84/h5,7,11,13,17,19,23,25,28-29,31-32,34-35,37-38,40-41,60,62,68-72,74-85,87-90,92-98H,3-4,6,8-10,12,14-16,18,20-22,24,26-27,30,33,36,39,42-59,61,63-67H2,1-2H3,(H,86,91)/b7-5-,13-11-,19-17-,25-23-,29-28-,32-31-,35-34-,38-37-,41-40-,62-60+. The molecule has 1 amide bonds. The van der Waals surface area contributed by atoms with Crippen molar-refractivity contribution < 1.29 is 89.4 Å². The van der Waals surface area contributed by atoms with Gasteiger partial charge in [-0.3, -0.25) is 4.79 Å². The third-order valence-corrected chi connectivity index (χ3v) is 19.5. The highest BCUT2D eigenvalue weighted by molar-refractivity contribution is 5.76. The van der Waals surface area contributed by atoms with Crippen LogP contribution in [0.4, 0.5) is 0 Å². The normalized spacial score (nSPS) is 26.6. The van der Waals surface area contributed by atoms with Crippen molar-refractivity contribution in [1.82, 2.24) is 5.32 Å². The second kappa shape index (κ2) is 64.1. The van der Waals surface area contributed by atoms with Crippen molar-refractivity contribution in [1.29, 1.82) is 0 Å². The summed E-state index contributed by atoms with van der Waals surface area (Å²) in [6, 6.07) is -0.986. The van der Waals surface area contributed by atoms with Crippen LogP contribution in [0.2, 0.25) is 0 Å². The van der Waals surface area contributed by atoms with Crippen LogP contribution in [0.25, 0.3) is 0 Å². The summed E-state index contributed by atoms with van der Waals surface area (Å²) in [5.74, 6) is -0.284. The maximum atomic E-state index is 13.5. The Morgan fingerprint density at radius 2 is 0.663 bits per heavy atom. The predicted octanol–water partition coefficient (Wildman–Crippen LogP) is 13.9. The van der Waals surface area contributed by atoms with Crippen LogP contribution in [0.5, 0.6) is 0 Å². The largest absolute Gasteiger partial charge is 0.394 e. The number of ether oxygens (including phenoxy) is 6. The number of carbonyl (C=O) groups is 1. The molecule has 3 rings (SSSR count). The first-order valence-electron chi connectivity index (χ1n) is 40.8. The van der Waals surface area contributed by atoms with E-state index in [0.717, 1.165) is 116 Å². The lowest BCUT2D eigenvalue weighted by Crippen LogP contribution is -2.66. The van der Waals surface area contributed by atoms with Crippen LogP contribution in [-0.4, -0.2) is 193 Å². The van der Waals surface area contributed by atoms with Gasteiger partial charge in [0.1, 0.15) is 73.2 Å². The predicted molar refractivity (Wildman–Crippen MR) is 415 cm³/mol. The molecule has 0 aromatic heterocycles. The number of aliphatic hydroxyl groups excluding tert-OH is 11. The molecule has 0 radical (unpaired) electrons. The van der Waals surface area contributed by atoms with Gasteiger partial charge >= 0.3 is 0 Å². The number of aliphatic hydroxyl groups is 11. The fourth-order valence-corrected chi connectivity index (χ4v) is 13.0. The molecule has 598 valence electrons. The smallest absolute Gasteiger partial charge is 0.220 e. The molecule has 3 fully saturated rings. The van der Waals surface area contributed by atoms with Crippen LogP contribution in [0.1, 0.15) is 277 Å². The zero-order valence-electron chi connectivity index (χ0n) is 64.0. The molecule has 3 aliphatic heterocycles. The highest BCUT2D eigenvalue weighted by Crippen LogP contribution is 2.33. The Bertz CT molecular complexity index is 2350. The van der Waals surface area contributed by atoms with E-state index in [0.29, 0.717) is 6.42 Å². The zero-order chi connectivity index (χ0) is 75.3. The molecule has 19 heteroatoms. The monoisotopic (exact) mass is 1470 g/mol. The lowest BCUT2D eigenvalue weighted by atomic mass is 9.96. The van der Waals surface area contributed by atoms with Gasteiger partial charge in [-0.05, 0) is 89.9 Å². The van der Waals surface area contributed by atoms with Crippen LogP contribution in [0.15, 0.2) is 122 Å². The molecule has 17 unspecified atom stereocenters. The summed E-state index contributed by atoms with van der Waals surface area (Å²) >= 11 is 0.